The summed E-state index contributed by atoms with van der Waals surface area (Å²) in [5.41, 5.74) is 2.27. The molecule has 0 atom stereocenters. The van der Waals surface area contributed by atoms with Gasteiger partial charge in [0.25, 0.3) is 0 Å². The normalized spacial score (nSPS) is 11.4. The Balaban J connectivity index is 3.10. The van der Waals surface area contributed by atoms with Gasteiger partial charge in [0.05, 0.1) is 0 Å². The third-order valence-electron chi connectivity index (χ3n) is 2.27. The van der Waals surface area contributed by atoms with Gasteiger partial charge in [0.15, 0.2) is 0 Å². The largest absolute Gasteiger partial charge is 0.363 e. The molecule has 0 aliphatic carbocycles. The lowest BCUT2D eigenvalue weighted by Crippen LogP contribution is -2.12. The number of hydrogen-bond acceptors (Lipinski definition) is 4. The molecule has 0 radical (unpaired) electrons. The first-order chi connectivity index (χ1) is 8.10. The monoisotopic (exact) mass is 249 g/mol. The Bertz CT molecular complexity index is 425. The van der Waals surface area contributed by atoms with Crippen molar-refractivity contribution in [3.63, 3.8) is 0 Å². The lowest BCUT2D eigenvalue weighted by atomic mass is 10.2. The van der Waals surface area contributed by atoms with Crippen LogP contribution in [0.1, 0.15) is 18.1 Å². The van der Waals surface area contributed by atoms with Crippen molar-refractivity contribution in [2.45, 2.75) is 13.8 Å². The molecule has 0 bridgehead atoms. The lowest BCUT2D eigenvalue weighted by Gasteiger charge is -2.15. The van der Waals surface area contributed by atoms with Crippen LogP contribution in [0, 0.1) is 6.92 Å². The van der Waals surface area contributed by atoms with E-state index in [1.165, 1.54) is 5.56 Å². The van der Waals surface area contributed by atoms with E-state index in [2.05, 4.69) is 36.6 Å². The zero-order valence-electron chi connectivity index (χ0n) is 10.9. The molecule has 0 aromatic carbocycles. The van der Waals surface area contributed by atoms with Crippen molar-refractivity contribution in [2.75, 3.05) is 24.7 Å². The molecule has 1 rings (SSSR count). The van der Waals surface area contributed by atoms with Gasteiger partial charge in [0.2, 0.25) is 0 Å². The minimum absolute atomic E-state index is 1.00. The highest BCUT2D eigenvalue weighted by atomic mass is 32.2. The first-order valence-corrected chi connectivity index (χ1v) is 6.51. The van der Waals surface area contributed by atoms with Gasteiger partial charge in [-0.1, -0.05) is 6.92 Å². The van der Waals surface area contributed by atoms with Crippen LogP contribution in [0.25, 0.3) is 4.91 Å². The SMILES string of the molecule is C=N/C=C(\SCC)c1cnc(N(C)C)c(C)c1. The molecule has 0 aliphatic heterocycles. The van der Waals surface area contributed by atoms with Crippen molar-refractivity contribution in [3.05, 3.63) is 29.6 Å². The van der Waals surface area contributed by atoms with E-state index < -0.39 is 0 Å². The fourth-order valence-corrected chi connectivity index (χ4v) is 2.34. The summed E-state index contributed by atoms with van der Waals surface area (Å²) in [4.78, 5) is 11.4. The van der Waals surface area contributed by atoms with Crippen LogP contribution < -0.4 is 4.90 Å². The van der Waals surface area contributed by atoms with Crippen molar-refractivity contribution < 1.29 is 0 Å². The van der Waals surface area contributed by atoms with Gasteiger partial charge >= 0.3 is 0 Å². The topological polar surface area (TPSA) is 28.5 Å². The minimum Gasteiger partial charge on any atom is -0.363 e. The Morgan fingerprint density at radius 1 is 1.59 bits per heavy atom. The Morgan fingerprint density at radius 3 is 2.76 bits per heavy atom. The highest BCUT2D eigenvalue weighted by Gasteiger charge is 2.07. The maximum atomic E-state index is 4.47. The molecule has 4 heteroatoms. The van der Waals surface area contributed by atoms with Crippen molar-refractivity contribution in [1.29, 1.82) is 0 Å². The Hall–Kier alpha value is -1.29. The van der Waals surface area contributed by atoms with Crippen LogP contribution in [0.2, 0.25) is 0 Å². The molecule has 0 spiro atoms. The number of aryl methyl sites for hydroxylation is 1. The van der Waals surface area contributed by atoms with Crippen LogP contribution in [-0.2, 0) is 0 Å². The zero-order chi connectivity index (χ0) is 12.8. The second-order valence-corrected chi connectivity index (χ2v) is 5.17. The van der Waals surface area contributed by atoms with Crippen molar-refractivity contribution in [3.8, 4) is 0 Å². The van der Waals surface area contributed by atoms with Gasteiger partial charge in [0, 0.05) is 37.0 Å². The van der Waals surface area contributed by atoms with Crippen LogP contribution in [0.15, 0.2) is 23.5 Å². The molecule has 0 aliphatic rings. The van der Waals surface area contributed by atoms with E-state index >= 15 is 0 Å². The van der Waals surface area contributed by atoms with Gasteiger partial charge in [0.1, 0.15) is 5.82 Å². The summed E-state index contributed by atoms with van der Waals surface area (Å²) in [5, 5.41) is 0. The smallest absolute Gasteiger partial charge is 0.130 e. The average molecular weight is 249 g/mol. The molecule has 1 aromatic rings. The zero-order valence-corrected chi connectivity index (χ0v) is 11.7. The molecule has 0 saturated carbocycles. The number of thioether (sulfide) groups is 1. The molecule has 3 nitrogen and oxygen atoms in total. The molecule has 17 heavy (non-hydrogen) atoms. The van der Waals surface area contributed by atoms with E-state index in [1.54, 1.807) is 18.0 Å². The summed E-state index contributed by atoms with van der Waals surface area (Å²) in [6, 6.07) is 2.14. The third kappa shape index (κ3) is 3.60. The minimum atomic E-state index is 1.00. The van der Waals surface area contributed by atoms with Crippen LogP contribution in [0.3, 0.4) is 0 Å². The molecule has 0 saturated heterocycles. The highest BCUT2D eigenvalue weighted by Crippen LogP contribution is 2.29. The number of anilines is 1. The van der Waals surface area contributed by atoms with Crippen LogP contribution in [0.4, 0.5) is 5.82 Å². The predicted octanol–water partition coefficient (Wildman–Crippen LogP) is 3.21. The average Bonchev–Trinajstić information content (AvgIpc) is 2.28. The van der Waals surface area contributed by atoms with Crippen LogP contribution >= 0.6 is 11.8 Å². The molecule has 0 unspecified atom stereocenters. The van der Waals surface area contributed by atoms with Crippen LogP contribution in [-0.4, -0.2) is 31.5 Å². The number of rotatable bonds is 5. The summed E-state index contributed by atoms with van der Waals surface area (Å²) in [5.74, 6) is 2.01. The van der Waals surface area contributed by atoms with Crippen molar-refractivity contribution in [1.82, 2.24) is 4.98 Å². The summed E-state index contributed by atoms with van der Waals surface area (Å²) >= 11 is 1.75. The third-order valence-corrected chi connectivity index (χ3v) is 3.21. The highest BCUT2D eigenvalue weighted by molar-refractivity contribution is 8.08. The summed E-state index contributed by atoms with van der Waals surface area (Å²) in [7, 11) is 4.00. The molecule has 0 fully saturated rings. The lowest BCUT2D eigenvalue weighted by molar-refractivity contribution is 1.05. The maximum Gasteiger partial charge on any atom is 0.130 e. The summed E-state index contributed by atoms with van der Waals surface area (Å²) in [6.45, 7) is 7.70. The van der Waals surface area contributed by atoms with E-state index in [-0.39, 0.29) is 0 Å². The fraction of sp³-hybridized carbons (Fsp3) is 0.385. The fourth-order valence-electron chi connectivity index (χ4n) is 1.60. The van der Waals surface area contributed by atoms with Gasteiger partial charge in [-0.15, -0.1) is 11.8 Å². The molecule has 0 amide bonds. The predicted molar refractivity (Wildman–Crippen MR) is 79.0 cm³/mol. The van der Waals surface area contributed by atoms with Crippen molar-refractivity contribution in [2.24, 2.45) is 4.99 Å². The van der Waals surface area contributed by atoms with Gasteiger partial charge in [-0.3, -0.25) is 4.99 Å². The second kappa shape index (κ2) is 6.45. The number of aromatic nitrogens is 1. The summed E-state index contributed by atoms with van der Waals surface area (Å²) < 4.78 is 0. The van der Waals surface area contributed by atoms with E-state index in [4.69, 9.17) is 0 Å². The molecule has 0 N–H and O–H groups in total. The quantitative estimate of drug-likeness (QED) is 0.750. The number of hydrogen-bond donors (Lipinski definition) is 0. The molecular weight excluding hydrogens is 230 g/mol. The number of nitrogens with zero attached hydrogens (tertiary/aromatic N) is 3. The van der Waals surface area contributed by atoms with Gasteiger partial charge < -0.3 is 4.90 Å². The molecule has 1 aromatic heterocycles. The van der Waals surface area contributed by atoms with Gasteiger partial charge in [-0.2, -0.15) is 0 Å². The molecule has 92 valence electrons. The van der Waals surface area contributed by atoms with Crippen molar-refractivity contribution >= 4 is 29.2 Å². The first kappa shape index (κ1) is 13.8. The second-order valence-electron chi connectivity index (χ2n) is 3.87. The maximum absolute atomic E-state index is 4.47. The van der Waals surface area contributed by atoms with E-state index in [0.29, 0.717) is 0 Å². The molecular formula is C13H19N3S. The van der Waals surface area contributed by atoms with E-state index in [0.717, 1.165) is 22.0 Å². The number of aliphatic imine (C=N–C) groups is 1. The Labute approximate surface area is 108 Å². The Morgan fingerprint density at radius 2 is 2.29 bits per heavy atom. The van der Waals surface area contributed by atoms with E-state index in [1.807, 2.05) is 25.2 Å². The van der Waals surface area contributed by atoms with E-state index in [9.17, 15) is 0 Å². The Kier molecular flexibility index (Phi) is 5.22. The standard InChI is InChI=1S/C13H19N3S/c1-6-17-12(9-14-3)11-7-10(2)13(15-8-11)16(4)5/h7-9H,3,6H2,1-2,4-5H3/b12-9-. The van der Waals surface area contributed by atoms with Gasteiger partial charge in [-0.05, 0) is 31.0 Å². The van der Waals surface area contributed by atoms with Gasteiger partial charge in [-0.25, -0.2) is 4.98 Å². The number of pyridine rings is 1. The van der Waals surface area contributed by atoms with Crippen LogP contribution in [0.5, 0.6) is 0 Å². The summed E-state index contributed by atoms with van der Waals surface area (Å²) in [6.07, 6.45) is 3.68. The first-order valence-electron chi connectivity index (χ1n) is 5.53. The molecule has 1 heterocycles.